The predicted molar refractivity (Wildman–Crippen MR) is 97.4 cm³/mol. The second kappa shape index (κ2) is 14.0. The molecule has 1 aromatic rings. The number of alkyl halides is 1. The van der Waals surface area contributed by atoms with Crippen LogP contribution in [0, 0.1) is 6.92 Å². The van der Waals surface area contributed by atoms with E-state index < -0.39 is 12.3 Å². The molecule has 25 heavy (non-hydrogen) atoms. The summed E-state index contributed by atoms with van der Waals surface area (Å²) < 4.78 is 29.8. The van der Waals surface area contributed by atoms with Crippen molar-refractivity contribution in [2.24, 2.45) is 0 Å². The molecule has 0 atom stereocenters. The Labute approximate surface area is 157 Å². The molecule has 0 saturated carbocycles. The minimum atomic E-state index is -0.438. The molecule has 0 saturated heterocycles. The molecule has 1 aromatic carbocycles. The minimum absolute atomic E-state index is 0.0972. The number of ether oxygens (including phenoxy) is 6. The first-order valence-electron chi connectivity index (χ1n) is 7.45. The zero-order valence-electron chi connectivity index (χ0n) is 15.5. The van der Waals surface area contributed by atoms with Crippen LogP contribution in [-0.4, -0.2) is 66.0 Å². The maximum Gasteiger partial charge on any atom is 0.337 e. The standard InChI is InChI=1S/C13H18O5.C4H9BrO2/c1-9-5-10(13(14)17-4)7-11(6-9)18-8-12(15-2)16-3;1-6-4(3-5)7-2/h5-7,12H,8H2,1-4H3;4H,3H2,1-2H3. The summed E-state index contributed by atoms with van der Waals surface area (Å²) in [6.45, 7) is 2.13. The van der Waals surface area contributed by atoms with Gasteiger partial charge in [-0.1, -0.05) is 15.9 Å². The number of rotatable bonds is 9. The zero-order chi connectivity index (χ0) is 19.2. The van der Waals surface area contributed by atoms with Crippen LogP contribution in [-0.2, 0) is 23.7 Å². The van der Waals surface area contributed by atoms with Crippen LogP contribution < -0.4 is 4.74 Å². The second-order valence-electron chi connectivity index (χ2n) is 4.79. The van der Waals surface area contributed by atoms with Gasteiger partial charge in [-0.25, -0.2) is 4.79 Å². The maximum absolute atomic E-state index is 11.4. The molecule has 0 fully saturated rings. The Morgan fingerprint density at radius 2 is 1.52 bits per heavy atom. The van der Waals surface area contributed by atoms with Crippen LogP contribution in [0.15, 0.2) is 18.2 Å². The van der Waals surface area contributed by atoms with Gasteiger partial charge in [0.05, 0.1) is 18.0 Å². The molecule has 7 nitrogen and oxygen atoms in total. The Morgan fingerprint density at radius 3 is 1.92 bits per heavy atom. The molecule has 0 heterocycles. The highest BCUT2D eigenvalue weighted by molar-refractivity contribution is 9.09. The van der Waals surface area contributed by atoms with Crippen molar-refractivity contribution in [3.8, 4) is 5.75 Å². The van der Waals surface area contributed by atoms with Crippen LogP contribution >= 0.6 is 15.9 Å². The van der Waals surface area contributed by atoms with Crippen LogP contribution in [0.2, 0.25) is 0 Å². The van der Waals surface area contributed by atoms with Crippen molar-refractivity contribution in [2.75, 3.05) is 47.5 Å². The summed E-state index contributed by atoms with van der Waals surface area (Å²) in [6.07, 6.45) is -0.535. The Kier molecular flexibility index (Phi) is 13.4. The smallest absolute Gasteiger partial charge is 0.337 e. The number of hydrogen-bond acceptors (Lipinski definition) is 7. The number of esters is 1. The van der Waals surface area contributed by atoms with E-state index in [1.165, 1.54) is 21.3 Å². The second-order valence-corrected chi connectivity index (χ2v) is 5.44. The highest BCUT2D eigenvalue weighted by Crippen LogP contribution is 2.18. The monoisotopic (exact) mass is 422 g/mol. The number of benzene rings is 1. The maximum atomic E-state index is 11.4. The molecule has 0 spiro atoms. The van der Waals surface area contributed by atoms with Gasteiger partial charge in [0.25, 0.3) is 0 Å². The largest absolute Gasteiger partial charge is 0.488 e. The summed E-state index contributed by atoms with van der Waals surface area (Å²) >= 11 is 3.19. The summed E-state index contributed by atoms with van der Waals surface area (Å²) in [5, 5.41) is 0.722. The Bertz CT molecular complexity index is 482. The summed E-state index contributed by atoms with van der Waals surface area (Å²) in [5.41, 5.74) is 1.37. The third-order valence-electron chi connectivity index (χ3n) is 3.04. The van der Waals surface area contributed by atoms with Crippen molar-refractivity contribution in [2.45, 2.75) is 19.5 Å². The predicted octanol–water partition coefficient (Wildman–Crippen LogP) is 2.78. The molecule has 0 aliphatic rings. The quantitative estimate of drug-likeness (QED) is 0.344. The van der Waals surface area contributed by atoms with Crippen molar-refractivity contribution in [1.29, 1.82) is 0 Å². The summed E-state index contributed by atoms with van der Waals surface area (Å²) in [4.78, 5) is 11.4. The normalized spacial score (nSPS) is 10.4. The van der Waals surface area contributed by atoms with E-state index in [4.69, 9.17) is 23.7 Å². The molecule has 144 valence electrons. The minimum Gasteiger partial charge on any atom is -0.488 e. The molecular formula is C17H27BrO7. The van der Waals surface area contributed by atoms with Crippen LogP contribution in [0.25, 0.3) is 0 Å². The van der Waals surface area contributed by atoms with E-state index in [0.29, 0.717) is 11.3 Å². The van der Waals surface area contributed by atoms with E-state index in [-0.39, 0.29) is 12.9 Å². The molecule has 0 unspecified atom stereocenters. The van der Waals surface area contributed by atoms with Gasteiger partial charge in [-0.3, -0.25) is 0 Å². The zero-order valence-corrected chi connectivity index (χ0v) is 17.1. The van der Waals surface area contributed by atoms with E-state index in [1.807, 2.05) is 13.0 Å². The van der Waals surface area contributed by atoms with Crippen molar-refractivity contribution in [1.82, 2.24) is 0 Å². The van der Waals surface area contributed by atoms with Gasteiger partial charge in [-0.2, -0.15) is 0 Å². The van der Waals surface area contributed by atoms with Gasteiger partial charge in [-0.05, 0) is 30.7 Å². The lowest BCUT2D eigenvalue weighted by atomic mass is 10.1. The van der Waals surface area contributed by atoms with E-state index in [2.05, 4.69) is 20.7 Å². The molecule has 0 N–H and O–H groups in total. The fourth-order valence-electron chi connectivity index (χ4n) is 1.69. The van der Waals surface area contributed by atoms with Crippen LogP contribution in [0.5, 0.6) is 5.75 Å². The molecule has 0 amide bonds. The van der Waals surface area contributed by atoms with Crippen molar-refractivity contribution in [3.63, 3.8) is 0 Å². The summed E-state index contributed by atoms with van der Waals surface area (Å²) in [7, 11) is 7.63. The van der Waals surface area contributed by atoms with Gasteiger partial charge in [0.1, 0.15) is 12.4 Å². The van der Waals surface area contributed by atoms with Crippen molar-refractivity contribution in [3.05, 3.63) is 29.3 Å². The highest BCUT2D eigenvalue weighted by Gasteiger charge is 2.10. The Hall–Kier alpha value is -1.19. The van der Waals surface area contributed by atoms with Crippen molar-refractivity contribution >= 4 is 21.9 Å². The average Bonchev–Trinajstić information content (AvgIpc) is 2.63. The fourth-order valence-corrected chi connectivity index (χ4v) is 2.21. The van der Waals surface area contributed by atoms with E-state index in [0.717, 1.165) is 10.9 Å². The third kappa shape index (κ3) is 9.76. The van der Waals surface area contributed by atoms with Gasteiger partial charge < -0.3 is 28.4 Å². The van der Waals surface area contributed by atoms with Gasteiger partial charge in [0.2, 0.25) is 0 Å². The van der Waals surface area contributed by atoms with Gasteiger partial charge >= 0.3 is 5.97 Å². The van der Waals surface area contributed by atoms with Crippen LogP contribution in [0.4, 0.5) is 0 Å². The fraction of sp³-hybridized carbons (Fsp3) is 0.588. The molecular weight excluding hydrogens is 396 g/mol. The SMILES string of the molecule is COC(=O)c1cc(C)cc(OCC(OC)OC)c1.COC(CBr)OC. The van der Waals surface area contributed by atoms with E-state index >= 15 is 0 Å². The highest BCUT2D eigenvalue weighted by atomic mass is 79.9. The lowest BCUT2D eigenvalue weighted by molar-refractivity contribution is -0.121. The molecule has 8 heteroatoms. The first-order valence-corrected chi connectivity index (χ1v) is 8.57. The molecule has 0 radical (unpaired) electrons. The molecule has 0 bridgehead atoms. The first kappa shape index (κ1) is 23.8. The number of methoxy groups -OCH3 is 5. The Balaban J connectivity index is 0.000000697. The Morgan fingerprint density at radius 1 is 0.960 bits per heavy atom. The molecule has 0 aliphatic carbocycles. The molecule has 0 aliphatic heterocycles. The summed E-state index contributed by atoms with van der Waals surface area (Å²) in [6, 6.07) is 5.19. The number of hydrogen-bond donors (Lipinski definition) is 0. The number of carbonyl (C=O) groups is 1. The van der Waals surface area contributed by atoms with Crippen LogP contribution in [0.3, 0.4) is 0 Å². The molecule has 1 rings (SSSR count). The van der Waals surface area contributed by atoms with Crippen molar-refractivity contribution < 1.29 is 33.2 Å². The summed E-state index contributed by atoms with van der Waals surface area (Å²) in [5.74, 6) is 0.188. The number of aryl methyl sites for hydroxylation is 1. The van der Waals surface area contributed by atoms with Gasteiger partial charge in [0, 0.05) is 28.4 Å². The van der Waals surface area contributed by atoms with Crippen LogP contribution in [0.1, 0.15) is 15.9 Å². The van der Waals surface area contributed by atoms with Gasteiger partial charge in [0.15, 0.2) is 12.6 Å². The van der Waals surface area contributed by atoms with Gasteiger partial charge in [-0.15, -0.1) is 0 Å². The average molecular weight is 423 g/mol. The lowest BCUT2D eigenvalue weighted by Crippen LogP contribution is -2.22. The van der Waals surface area contributed by atoms with E-state index in [1.54, 1.807) is 26.4 Å². The first-order chi connectivity index (χ1) is 11.9. The third-order valence-corrected chi connectivity index (χ3v) is 3.56. The number of halogens is 1. The lowest BCUT2D eigenvalue weighted by Gasteiger charge is -2.15. The number of carbonyl (C=O) groups excluding carboxylic acids is 1. The topological polar surface area (TPSA) is 72.5 Å². The van der Waals surface area contributed by atoms with E-state index in [9.17, 15) is 4.79 Å². The molecule has 0 aromatic heterocycles.